The largest absolute Gasteiger partial charge is 0.354 e. The lowest BCUT2D eigenvalue weighted by Gasteiger charge is -2.13. The number of hydrogen-bond donors (Lipinski definition) is 1. The summed E-state index contributed by atoms with van der Waals surface area (Å²) < 4.78 is 13.7. The van der Waals surface area contributed by atoms with E-state index < -0.39 is 17.0 Å². The van der Waals surface area contributed by atoms with Crippen molar-refractivity contribution in [1.82, 2.24) is 10.2 Å². The highest BCUT2D eigenvalue weighted by Crippen LogP contribution is 2.32. The zero-order valence-corrected chi connectivity index (χ0v) is 15.1. The maximum atomic E-state index is 13.7. The average molecular weight is 364 g/mol. The van der Waals surface area contributed by atoms with E-state index in [2.05, 4.69) is 5.32 Å². The van der Waals surface area contributed by atoms with Gasteiger partial charge in [0, 0.05) is 25.1 Å². The Morgan fingerprint density at radius 1 is 1.32 bits per heavy atom. The van der Waals surface area contributed by atoms with Gasteiger partial charge in [-0.05, 0) is 36.2 Å². The molecule has 25 heavy (non-hydrogen) atoms. The second-order valence-corrected chi connectivity index (χ2v) is 7.13. The van der Waals surface area contributed by atoms with Crippen LogP contribution in [0.2, 0.25) is 0 Å². The van der Waals surface area contributed by atoms with E-state index in [0.717, 1.165) is 23.1 Å². The fourth-order valence-electron chi connectivity index (χ4n) is 2.24. The Morgan fingerprint density at radius 2 is 2.04 bits per heavy atom. The molecule has 0 aromatic heterocycles. The lowest BCUT2D eigenvalue weighted by atomic mass is 10.1. The first-order valence-electron chi connectivity index (χ1n) is 8.15. The molecule has 1 N–H and O–H groups in total. The summed E-state index contributed by atoms with van der Waals surface area (Å²) in [5.41, 5.74) is 0.259. The number of rotatable bonds is 7. The van der Waals surface area contributed by atoms with E-state index in [1.807, 2.05) is 13.8 Å². The molecule has 1 aliphatic heterocycles. The summed E-state index contributed by atoms with van der Waals surface area (Å²) in [7, 11) is 0. The van der Waals surface area contributed by atoms with E-state index >= 15 is 0 Å². The Morgan fingerprint density at radius 3 is 2.72 bits per heavy atom. The Bertz CT molecular complexity index is 703. The van der Waals surface area contributed by atoms with E-state index in [4.69, 9.17) is 0 Å². The van der Waals surface area contributed by atoms with Crippen LogP contribution in [0.3, 0.4) is 0 Å². The Labute approximate surface area is 150 Å². The van der Waals surface area contributed by atoms with Crippen molar-refractivity contribution in [3.05, 3.63) is 40.6 Å². The number of carbonyl (C=O) groups is 3. The number of nitrogens with one attached hydrogen (secondary N) is 1. The molecular weight excluding hydrogens is 343 g/mol. The molecule has 0 atom stereocenters. The predicted molar refractivity (Wildman–Crippen MR) is 96.2 cm³/mol. The molecule has 7 heteroatoms. The Kier molecular flexibility index (Phi) is 6.75. The van der Waals surface area contributed by atoms with Gasteiger partial charge >= 0.3 is 0 Å². The third-order valence-electron chi connectivity index (χ3n) is 3.67. The quantitative estimate of drug-likeness (QED) is 0.753. The van der Waals surface area contributed by atoms with Crippen molar-refractivity contribution in [3.63, 3.8) is 0 Å². The highest BCUT2D eigenvalue weighted by Gasteiger charge is 2.34. The predicted octanol–water partition coefficient (Wildman–Crippen LogP) is 3.41. The fourth-order valence-corrected chi connectivity index (χ4v) is 3.10. The number of halogens is 1. The van der Waals surface area contributed by atoms with Crippen LogP contribution in [0.1, 0.15) is 32.3 Å². The first-order valence-corrected chi connectivity index (χ1v) is 8.96. The van der Waals surface area contributed by atoms with Gasteiger partial charge in [-0.25, -0.2) is 4.39 Å². The number of benzene rings is 1. The lowest BCUT2D eigenvalue weighted by Crippen LogP contribution is -2.37. The van der Waals surface area contributed by atoms with Gasteiger partial charge in [-0.2, -0.15) is 0 Å². The van der Waals surface area contributed by atoms with E-state index in [9.17, 15) is 18.8 Å². The summed E-state index contributed by atoms with van der Waals surface area (Å²) in [6.07, 6.45) is 2.59. The summed E-state index contributed by atoms with van der Waals surface area (Å²) in [6.45, 7) is 4.39. The van der Waals surface area contributed by atoms with Gasteiger partial charge in [0.25, 0.3) is 11.1 Å². The van der Waals surface area contributed by atoms with Gasteiger partial charge in [0.2, 0.25) is 5.91 Å². The Balaban J connectivity index is 1.91. The van der Waals surface area contributed by atoms with Crippen molar-refractivity contribution in [1.29, 1.82) is 0 Å². The van der Waals surface area contributed by atoms with Crippen molar-refractivity contribution < 1.29 is 18.8 Å². The average Bonchev–Trinajstić information content (AvgIpc) is 2.82. The van der Waals surface area contributed by atoms with Crippen LogP contribution in [0.15, 0.2) is 29.2 Å². The lowest BCUT2D eigenvalue weighted by molar-refractivity contribution is -0.124. The van der Waals surface area contributed by atoms with E-state index in [1.54, 1.807) is 12.1 Å². The van der Waals surface area contributed by atoms with Gasteiger partial charge < -0.3 is 5.32 Å². The second-order valence-electron chi connectivity index (χ2n) is 6.14. The van der Waals surface area contributed by atoms with Crippen LogP contribution in [0, 0.1) is 11.7 Å². The molecule has 0 radical (unpaired) electrons. The van der Waals surface area contributed by atoms with Crippen molar-refractivity contribution in [2.75, 3.05) is 13.1 Å². The van der Waals surface area contributed by atoms with Crippen LogP contribution in [-0.4, -0.2) is 35.0 Å². The summed E-state index contributed by atoms with van der Waals surface area (Å²) in [6, 6.07) is 6.05. The maximum Gasteiger partial charge on any atom is 0.293 e. The molecule has 0 bridgehead atoms. The second kappa shape index (κ2) is 8.80. The minimum atomic E-state index is -0.463. The van der Waals surface area contributed by atoms with Gasteiger partial charge in [0.1, 0.15) is 5.82 Å². The molecule has 3 amide bonds. The monoisotopic (exact) mass is 364 g/mol. The molecule has 1 aromatic carbocycles. The third-order valence-corrected chi connectivity index (χ3v) is 4.58. The van der Waals surface area contributed by atoms with Crippen molar-refractivity contribution in [2.24, 2.45) is 5.92 Å². The molecule has 0 unspecified atom stereocenters. The number of hydrogen-bond acceptors (Lipinski definition) is 4. The molecule has 5 nitrogen and oxygen atoms in total. The minimum absolute atomic E-state index is 0.0948. The molecule has 1 aliphatic rings. The van der Waals surface area contributed by atoms with E-state index in [0.29, 0.717) is 12.3 Å². The summed E-state index contributed by atoms with van der Waals surface area (Å²) in [5.74, 6) is -0.570. The number of amides is 3. The van der Waals surface area contributed by atoms with Crippen LogP contribution in [0.5, 0.6) is 0 Å². The summed E-state index contributed by atoms with van der Waals surface area (Å²) in [5, 5.41) is 2.29. The van der Waals surface area contributed by atoms with Crippen molar-refractivity contribution in [2.45, 2.75) is 26.7 Å². The molecule has 2 rings (SSSR count). The first-order chi connectivity index (χ1) is 11.9. The van der Waals surface area contributed by atoms with Crippen LogP contribution < -0.4 is 5.32 Å². The zero-order chi connectivity index (χ0) is 18.4. The molecule has 134 valence electrons. The summed E-state index contributed by atoms with van der Waals surface area (Å²) in [4.78, 5) is 37.2. The number of nitrogens with zero attached hydrogens (tertiary/aromatic N) is 1. The first kappa shape index (κ1) is 19.2. The summed E-state index contributed by atoms with van der Waals surface area (Å²) >= 11 is 0.778. The molecule has 1 fully saturated rings. The molecule has 0 spiro atoms. The fraction of sp³-hybridized carbons (Fsp3) is 0.389. The van der Waals surface area contributed by atoms with E-state index in [1.165, 1.54) is 18.2 Å². The van der Waals surface area contributed by atoms with E-state index in [-0.39, 0.29) is 29.5 Å². The van der Waals surface area contributed by atoms with Crippen LogP contribution in [0.25, 0.3) is 6.08 Å². The standard InChI is InChI=1S/C18H21FN2O3S/c1-12(2)7-8-16(22)20-9-10-21-17(23)15(25-18(21)24)11-13-5-3-4-6-14(13)19/h3-6,11-12H,7-10H2,1-2H3,(H,20,22)/b15-11-. The van der Waals surface area contributed by atoms with Crippen LogP contribution in [0.4, 0.5) is 9.18 Å². The maximum absolute atomic E-state index is 13.7. The number of imide groups is 1. The highest BCUT2D eigenvalue weighted by atomic mass is 32.2. The molecule has 0 aliphatic carbocycles. The molecule has 1 saturated heterocycles. The van der Waals surface area contributed by atoms with Gasteiger partial charge in [-0.3, -0.25) is 19.3 Å². The van der Waals surface area contributed by atoms with Gasteiger partial charge in [-0.1, -0.05) is 32.0 Å². The van der Waals surface area contributed by atoms with Crippen molar-refractivity contribution >= 4 is 34.9 Å². The van der Waals surface area contributed by atoms with Crippen LogP contribution >= 0.6 is 11.8 Å². The molecular formula is C18H21FN2O3S. The molecule has 1 aromatic rings. The minimum Gasteiger partial charge on any atom is -0.354 e. The number of carbonyl (C=O) groups excluding carboxylic acids is 3. The Hall–Kier alpha value is -2.15. The smallest absolute Gasteiger partial charge is 0.293 e. The van der Waals surface area contributed by atoms with Gasteiger partial charge in [0.15, 0.2) is 0 Å². The molecule has 0 saturated carbocycles. The van der Waals surface area contributed by atoms with Gasteiger partial charge in [0.05, 0.1) is 4.91 Å². The number of thioether (sulfide) groups is 1. The third kappa shape index (κ3) is 5.42. The normalized spacial score (nSPS) is 16.2. The van der Waals surface area contributed by atoms with Crippen LogP contribution in [-0.2, 0) is 9.59 Å². The highest BCUT2D eigenvalue weighted by molar-refractivity contribution is 8.18. The topological polar surface area (TPSA) is 66.5 Å². The molecule has 1 heterocycles. The van der Waals surface area contributed by atoms with Gasteiger partial charge in [-0.15, -0.1) is 0 Å². The van der Waals surface area contributed by atoms with Crippen molar-refractivity contribution in [3.8, 4) is 0 Å². The zero-order valence-electron chi connectivity index (χ0n) is 14.3. The SMILES string of the molecule is CC(C)CCC(=O)NCCN1C(=O)S/C(=C\c2ccccc2F)C1=O.